The van der Waals surface area contributed by atoms with Crippen LogP contribution >= 0.6 is 23.4 Å². The highest BCUT2D eigenvalue weighted by atomic mass is 35.5. The Labute approximate surface area is 134 Å². The van der Waals surface area contributed by atoms with E-state index in [2.05, 4.69) is 22.5 Å². The van der Waals surface area contributed by atoms with E-state index >= 15 is 0 Å². The molecule has 1 saturated heterocycles. The fraction of sp³-hybridized carbons (Fsp3) is 0.500. The molecule has 1 aromatic carbocycles. The maximum Gasteiger partial charge on any atom is 0.127 e. The second-order valence-corrected chi connectivity index (χ2v) is 8.23. The zero-order chi connectivity index (χ0) is 15.0. The predicted molar refractivity (Wildman–Crippen MR) is 88.8 cm³/mol. The van der Waals surface area contributed by atoms with Gasteiger partial charge in [-0.3, -0.25) is 0 Å². The van der Waals surface area contributed by atoms with Crippen LogP contribution in [-0.2, 0) is 6.54 Å². The average molecular weight is 320 g/mol. The molecular formula is C16H18ClN3S. The van der Waals surface area contributed by atoms with Crippen molar-refractivity contribution in [1.82, 2.24) is 9.55 Å². The number of hydrogen-bond donors (Lipinski definition) is 0. The van der Waals surface area contributed by atoms with Gasteiger partial charge in [0.05, 0.1) is 28.0 Å². The van der Waals surface area contributed by atoms with Crippen molar-refractivity contribution in [3.63, 3.8) is 0 Å². The lowest BCUT2D eigenvalue weighted by atomic mass is 10.1. The van der Waals surface area contributed by atoms with Gasteiger partial charge in [-0.15, -0.1) is 11.6 Å². The van der Waals surface area contributed by atoms with Gasteiger partial charge in [0.15, 0.2) is 0 Å². The molecule has 1 aliphatic rings. The van der Waals surface area contributed by atoms with E-state index in [0.29, 0.717) is 5.56 Å². The van der Waals surface area contributed by atoms with E-state index < -0.39 is 0 Å². The maximum absolute atomic E-state index is 9.13. The Morgan fingerprint density at radius 3 is 3.00 bits per heavy atom. The molecule has 0 bridgehead atoms. The summed E-state index contributed by atoms with van der Waals surface area (Å²) < 4.78 is 2.45. The molecule has 0 N–H and O–H groups in total. The van der Waals surface area contributed by atoms with E-state index in [1.807, 2.05) is 36.9 Å². The second kappa shape index (κ2) is 5.55. The summed E-state index contributed by atoms with van der Waals surface area (Å²) >= 11 is 8.35. The summed E-state index contributed by atoms with van der Waals surface area (Å²) in [5, 5.41) is 8.99. The number of hydrogen-bond acceptors (Lipinski definition) is 3. The Morgan fingerprint density at radius 1 is 1.57 bits per heavy atom. The summed E-state index contributed by atoms with van der Waals surface area (Å²) in [7, 11) is 0. The Kier molecular flexibility index (Phi) is 3.90. The Bertz CT molecular complexity index is 708. The maximum atomic E-state index is 9.13. The molecule has 1 aliphatic heterocycles. The molecule has 2 heterocycles. The molecule has 1 aromatic heterocycles. The van der Waals surface area contributed by atoms with Gasteiger partial charge >= 0.3 is 0 Å². The number of halogens is 1. The molecule has 5 heteroatoms. The van der Waals surface area contributed by atoms with Gasteiger partial charge < -0.3 is 4.57 Å². The topological polar surface area (TPSA) is 41.6 Å². The second-order valence-electron chi connectivity index (χ2n) is 5.89. The first kappa shape index (κ1) is 14.7. The largest absolute Gasteiger partial charge is 0.325 e. The van der Waals surface area contributed by atoms with Gasteiger partial charge in [-0.05, 0) is 50.6 Å². The minimum atomic E-state index is -0.141. The average Bonchev–Trinajstić information content (AvgIpc) is 3.03. The SMILES string of the molecule is CC(Cl)c1nc2ccc(C#N)cc2n1CC1(C)CCCS1. The van der Waals surface area contributed by atoms with Crippen molar-refractivity contribution in [2.45, 2.75) is 43.4 Å². The van der Waals surface area contributed by atoms with E-state index in [4.69, 9.17) is 16.9 Å². The number of imidazole rings is 1. The minimum Gasteiger partial charge on any atom is -0.325 e. The third-order valence-corrected chi connectivity index (χ3v) is 5.77. The van der Waals surface area contributed by atoms with Gasteiger partial charge in [0.1, 0.15) is 5.82 Å². The molecule has 1 fully saturated rings. The van der Waals surface area contributed by atoms with E-state index in [9.17, 15) is 0 Å². The van der Waals surface area contributed by atoms with Crippen LogP contribution < -0.4 is 0 Å². The molecule has 0 radical (unpaired) electrons. The van der Waals surface area contributed by atoms with Crippen LogP contribution in [0, 0.1) is 11.3 Å². The normalized spacial score (nSPS) is 23.3. The molecule has 3 rings (SSSR count). The van der Waals surface area contributed by atoms with Crippen molar-refractivity contribution in [2.75, 3.05) is 5.75 Å². The highest BCUT2D eigenvalue weighted by Crippen LogP contribution is 2.40. The quantitative estimate of drug-likeness (QED) is 0.782. The predicted octanol–water partition coefficient (Wildman–Crippen LogP) is 4.49. The van der Waals surface area contributed by atoms with Gasteiger partial charge in [0.25, 0.3) is 0 Å². The fourth-order valence-electron chi connectivity index (χ4n) is 2.98. The molecule has 110 valence electrons. The van der Waals surface area contributed by atoms with E-state index in [1.54, 1.807) is 0 Å². The van der Waals surface area contributed by atoms with Gasteiger partial charge in [0.2, 0.25) is 0 Å². The molecule has 0 saturated carbocycles. The smallest absolute Gasteiger partial charge is 0.127 e. The minimum absolute atomic E-state index is 0.141. The van der Waals surface area contributed by atoms with Crippen LogP contribution in [-0.4, -0.2) is 20.1 Å². The molecule has 2 unspecified atom stereocenters. The summed E-state index contributed by atoms with van der Waals surface area (Å²) in [5.74, 6) is 2.12. The molecule has 0 spiro atoms. The summed E-state index contributed by atoms with van der Waals surface area (Å²) in [6.45, 7) is 5.16. The van der Waals surface area contributed by atoms with E-state index in [1.165, 1.54) is 18.6 Å². The van der Waals surface area contributed by atoms with Crippen molar-refractivity contribution in [3.05, 3.63) is 29.6 Å². The number of nitriles is 1. The molecule has 3 nitrogen and oxygen atoms in total. The van der Waals surface area contributed by atoms with Crippen molar-refractivity contribution < 1.29 is 0 Å². The first-order chi connectivity index (χ1) is 10.0. The monoisotopic (exact) mass is 319 g/mol. The standard InChI is InChI=1S/C16H18ClN3S/c1-11(17)15-19-13-5-4-12(9-18)8-14(13)20(15)10-16(2)6-3-7-21-16/h4-5,8,11H,3,6-7,10H2,1-2H3. The highest BCUT2D eigenvalue weighted by molar-refractivity contribution is 8.00. The molecule has 0 amide bonds. The van der Waals surface area contributed by atoms with Crippen LogP contribution in [0.4, 0.5) is 0 Å². The van der Waals surface area contributed by atoms with Crippen LogP contribution in [0.5, 0.6) is 0 Å². The lowest BCUT2D eigenvalue weighted by Gasteiger charge is -2.25. The summed E-state index contributed by atoms with van der Waals surface area (Å²) in [6.07, 6.45) is 2.48. The van der Waals surface area contributed by atoms with E-state index in [0.717, 1.165) is 23.4 Å². The summed E-state index contributed by atoms with van der Waals surface area (Å²) in [6, 6.07) is 7.86. The molecule has 21 heavy (non-hydrogen) atoms. The van der Waals surface area contributed by atoms with Crippen molar-refractivity contribution in [3.8, 4) is 6.07 Å². The molecule has 2 aromatic rings. The lowest BCUT2D eigenvalue weighted by Crippen LogP contribution is -2.25. The van der Waals surface area contributed by atoms with E-state index in [-0.39, 0.29) is 10.1 Å². The van der Waals surface area contributed by atoms with Crippen molar-refractivity contribution in [1.29, 1.82) is 5.26 Å². The molecule has 2 atom stereocenters. The molecular weight excluding hydrogens is 302 g/mol. The summed E-state index contributed by atoms with van der Waals surface area (Å²) in [4.78, 5) is 4.67. The fourth-order valence-corrected chi connectivity index (χ4v) is 4.43. The number of thioether (sulfide) groups is 1. The zero-order valence-corrected chi connectivity index (χ0v) is 13.8. The van der Waals surface area contributed by atoms with Crippen LogP contribution in [0.15, 0.2) is 18.2 Å². The van der Waals surface area contributed by atoms with Crippen LogP contribution in [0.3, 0.4) is 0 Å². The van der Waals surface area contributed by atoms with Crippen molar-refractivity contribution in [2.24, 2.45) is 0 Å². The molecule has 0 aliphatic carbocycles. The third kappa shape index (κ3) is 2.77. The van der Waals surface area contributed by atoms with Gasteiger partial charge in [-0.25, -0.2) is 4.98 Å². The number of aromatic nitrogens is 2. The van der Waals surface area contributed by atoms with Gasteiger partial charge in [-0.1, -0.05) is 0 Å². The first-order valence-corrected chi connectivity index (χ1v) is 8.63. The number of alkyl halides is 1. The first-order valence-electron chi connectivity index (χ1n) is 7.21. The number of benzene rings is 1. The van der Waals surface area contributed by atoms with Crippen LogP contribution in [0.25, 0.3) is 11.0 Å². The number of rotatable bonds is 3. The van der Waals surface area contributed by atoms with Crippen LogP contribution in [0.2, 0.25) is 0 Å². The Hall–Kier alpha value is -1.18. The highest BCUT2D eigenvalue weighted by Gasteiger charge is 2.31. The zero-order valence-electron chi connectivity index (χ0n) is 12.3. The third-order valence-electron chi connectivity index (χ3n) is 4.06. The number of nitrogens with zero attached hydrogens (tertiary/aromatic N) is 3. The lowest BCUT2D eigenvalue weighted by molar-refractivity contribution is 0.505. The number of fused-ring (bicyclic) bond motifs is 1. The summed E-state index contributed by atoms with van der Waals surface area (Å²) in [5.41, 5.74) is 2.61. The van der Waals surface area contributed by atoms with Gasteiger partial charge in [-0.2, -0.15) is 17.0 Å². The Morgan fingerprint density at radius 2 is 2.38 bits per heavy atom. The van der Waals surface area contributed by atoms with Crippen molar-refractivity contribution >= 4 is 34.4 Å². The Balaban J connectivity index is 2.12. The van der Waals surface area contributed by atoms with Crippen LogP contribution in [0.1, 0.15) is 43.5 Å². The van der Waals surface area contributed by atoms with Gasteiger partial charge in [0, 0.05) is 11.3 Å².